The Balaban J connectivity index is 1.20. The van der Waals surface area contributed by atoms with Crippen molar-refractivity contribution >= 4 is 38.9 Å². The van der Waals surface area contributed by atoms with Crippen molar-refractivity contribution in [2.75, 3.05) is 4.90 Å². The van der Waals surface area contributed by atoms with Gasteiger partial charge in [0.05, 0.1) is 28.1 Å². The van der Waals surface area contributed by atoms with Crippen LogP contribution in [0.3, 0.4) is 0 Å². The fraction of sp³-hybridized carbons (Fsp3) is 0.100. The van der Waals surface area contributed by atoms with Gasteiger partial charge in [0.2, 0.25) is 0 Å². The van der Waals surface area contributed by atoms with E-state index in [2.05, 4.69) is 231 Å². The lowest BCUT2D eigenvalue weighted by atomic mass is 9.81. The van der Waals surface area contributed by atoms with Crippen molar-refractivity contribution in [1.82, 2.24) is 4.57 Å². The van der Waals surface area contributed by atoms with Crippen LogP contribution in [0, 0.1) is 0 Å². The van der Waals surface area contributed by atoms with E-state index in [4.69, 9.17) is 0 Å². The Morgan fingerprint density at radius 2 is 0.919 bits per heavy atom. The van der Waals surface area contributed by atoms with Gasteiger partial charge in [-0.1, -0.05) is 179 Å². The smallest absolute Gasteiger partial charge is 0.0623 e. The molecule has 0 atom stereocenters. The molecule has 13 rings (SSSR count). The minimum Gasteiger partial charge on any atom is -0.309 e. The predicted molar refractivity (Wildman–Crippen MR) is 260 cm³/mol. The molecule has 0 N–H and O–H groups in total. The quantitative estimate of drug-likeness (QED) is 0.169. The number of hydrogen-bond donors (Lipinski definition) is 0. The Bertz CT molecular complexity index is 3450. The molecular weight excluding hydrogens is 749 g/mol. The van der Waals surface area contributed by atoms with E-state index in [1.807, 2.05) is 0 Å². The third-order valence-corrected chi connectivity index (χ3v) is 14.5. The largest absolute Gasteiger partial charge is 0.309 e. The summed E-state index contributed by atoms with van der Waals surface area (Å²) >= 11 is 0. The summed E-state index contributed by atoms with van der Waals surface area (Å²) in [5.41, 5.74) is 24.9. The summed E-state index contributed by atoms with van der Waals surface area (Å²) in [6.45, 7) is 9.59. The van der Waals surface area contributed by atoms with Crippen molar-refractivity contribution in [3.63, 3.8) is 0 Å². The summed E-state index contributed by atoms with van der Waals surface area (Å²) in [6.07, 6.45) is 0. The molecule has 0 spiro atoms. The SMILES string of the molecule is CC1(C)c2ccccc2-c2c(N(c3cc(-c4ccccc4)cc(-c4ccccc4)c3)c3cccc4c3-c3cccc5c3-c3c(ccc6c7ccccc7n-4c36)C5(C)C)cccc21. The highest BCUT2D eigenvalue weighted by atomic mass is 15.2. The second-order valence-corrected chi connectivity index (χ2v) is 18.5. The summed E-state index contributed by atoms with van der Waals surface area (Å²) in [4.78, 5) is 2.61. The van der Waals surface area contributed by atoms with Crippen molar-refractivity contribution in [1.29, 1.82) is 0 Å². The summed E-state index contributed by atoms with van der Waals surface area (Å²) < 4.78 is 2.59. The van der Waals surface area contributed by atoms with Crippen molar-refractivity contribution in [3.8, 4) is 61.3 Å². The zero-order chi connectivity index (χ0) is 41.5. The van der Waals surface area contributed by atoms with E-state index in [0.29, 0.717) is 0 Å². The van der Waals surface area contributed by atoms with E-state index in [-0.39, 0.29) is 10.8 Å². The van der Waals surface area contributed by atoms with Gasteiger partial charge in [0.15, 0.2) is 0 Å². The lowest BCUT2D eigenvalue weighted by Crippen LogP contribution is -2.17. The predicted octanol–water partition coefficient (Wildman–Crippen LogP) is 16.2. The van der Waals surface area contributed by atoms with Crippen LogP contribution in [0.5, 0.6) is 0 Å². The van der Waals surface area contributed by atoms with Crippen LogP contribution in [0.1, 0.15) is 49.9 Å². The molecule has 2 nitrogen and oxygen atoms in total. The maximum absolute atomic E-state index is 2.61. The van der Waals surface area contributed by atoms with Gasteiger partial charge < -0.3 is 9.47 Å². The highest BCUT2D eigenvalue weighted by Crippen LogP contribution is 2.61. The molecule has 10 aromatic rings. The molecule has 0 bridgehead atoms. The number of anilines is 3. The average molecular weight is 793 g/mol. The van der Waals surface area contributed by atoms with Gasteiger partial charge in [-0.3, -0.25) is 0 Å². The standard InChI is InChI=1S/C60H44N2/c1-59(2)46-25-13-11-23-44(46)54-47(59)27-16-29-51(54)61(41-35-39(37-18-7-5-8-19-37)34-40(36-41)38-20-9-6-10-21-38)52-30-17-31-53-56(52)45-24-15-26-48-55(45)57-49(60(48,3)4)33-32-43-42-22-12-14-28-50(42)62(53)58(43)57/h5-36H,1-4H3. The summed E-state index contributed by atoms with van der Waals surface area (Å²) in [5.74, 6) is 0. The first-order valence-electron chi connectivity index (χ1n) is 21.9. The normalized spacial score (nSPS) is 14.4. The van der Waals surface area contributed by atoms with Crippen LogP contribution in [-0.4, -0.2) is 4.57 Å². The molecule has 0 saturated heterocycles. The fourth-order valence-corrected chi connectivity index (χ4v) is 11.6. The zero-order valence-electron chi connectivity index (χ0n) is 35.4. The van der Waals surface area contributed by atoms with Crippen molar-refractivity contribution in [2.24, 2.45) is 0 Å². The van der Waals surface area contributed by atoms with Crippen LogP contribution in [0.15, 0.2) is 194 Å². The molecule has 1 aromatic heterocycles. The molecule has 3 aliphatic rings. The van der Waals surface area contributed by atoms with Gasteiger partial charge in [-0.2, -0.15) is 0 Å². The van der Waals surface area contributed by atoms with Gasteiger partial charge >= 0.3 is 0 Å². The number of rotatable bonds is 5. The molecule has 0 amide bonds. The van der Waals surface area contributed by atoms with Crippen molar-refractivity contribution < 1.29 is 0 Å². The topological polar surface area (TPSA) is 8.17 Å². The molecule has 0 fully saturated rings. The molecule has 294 valence electrons. The Labute approximate surface area is 363 Å². The first-order valence-corrected chi connectivity index (χ1v) is 21.9. The third-order valence-electron chi connectivity index (χ3n) is 14.5. The van der Waals surface area contributed by atoms with Gasteiger partial charge in [0, 0.05) is 44.0 Å². The second kappa shape index (κ2) is 12.6. The molecular formula is C60H44N2. The Morgan fingerprint density at radius 3 is 1.66 bits per heavy atom. The molecule has 2 heterocycles. The fourth-order valence-electron chi connectivity index (χ4n) is 11.6. The summed E-state index contributed by atoms with van der Waals surface area (Å²) in [7, 11) is 0. The molecule has 9 aromatic carbocycles. The van der Waals surface area contributed by atoms with E-state index in [9.17, 15) is 0 Å². The number of aromatic nitrogens is 1. The Morgan fingerprint density at radius 1 is 0.371 bits per heavy atom. The minimum absolute atomic E-state index is 0.160. The molecule has 1 aliphatic heterocycles. The Kier molecular flexibility index (Phi) is 7.16. The maximum Gasteiger partial charge on any atom is 0.0623 e. The number of fused-ring (bicyclic) bond motifs is 9. The van der Waals surface area contributed by atoms with Crippen LogP contribution in [0.4, 0.5) is 17.1 Å². The molecule has 0 radical (unpaired) electrons. The van der Waals surface area contributed by atoms with E-state index >= 15 is 0 Å². The van der Waals surface area contributed by atoms with Gasteiger partial charge in [0.25, 0.3) is 0 Å². The molecule has 2 aliphatic carbocycles. The monoisotopic (exact) mass is 792 g/mol. The lowest BCUT2D eigenvalue weighted by molar-refractivity contribution is 0.660. The van der Waals surface area contributed by atoms with E-state index in [0.717, 1.165) is 11.4 Å². The number of para-hydroxylation sites is 1. The highest BCUT2D eigenvalue weighted by molar-refractivity contribution is 6.19. The Hall–Kier alpha value is -7.42. The third kappa shape index (κ3) is 4.64. The lowest BCUT2D eigenvalue weighted by Gasteiger charge is -2.32. The second-order valence-electron chi connectivity index (χ2n) is 18.5. The van der Waals surface area contributed by atoms with Gasteiger partial charge in [-0.05, 0) is 104 Å². The van der Waals surface area contributed by atoms with Crippen LogP contribution in [0.25, 0.3) is 83.1 Å². The van der Waals surface area contributed by atoms with Gasteiger partial charge in [-0.15, -0.1) is 0 Å². The van der Waals surface area contributed by atoms with Gasteiger partial charge in [0.1, 0.15) is 0 Å². The van der Waals surface area contributed by atoms with Crippen LogP contribution in [0.2, 0.25) is 0 Å². The first-order chi connectivity index (χ1) is 30.3. The van der Waals surface area contributed by atoms with Crippen molar-refractivity contribution in [3.05, 3.63) is 216 Å². The minimum atomic E-state index is -0.165. The molecule has 0 saturated carbocycles. The zero-order valence-corrected chi connectivity index (χ0v) is 35.4. The first kappa shape index (κ1) is 35.3. The molecule has 2 heteroatoms. The average Bonchev–Trinajstić information content (AvgIpc) is 3.82. The number of benzene rings is 9. The highest BCUT2D eigenvalue weighted by Gasteiger charge is 2.43. The van der Waals surface area contributed by atoms with E-state index in [1.54, 1.807) is 0 Å². The van der Waals surface area contributed by atoms with Crippen LogP contribution in [-0.2, 0) is 10.8 Å². The van der Waals surface area contributed by atoms with E-state index in [1.165, 1.54) is 111 Å². The van der Waals surface area contributed by atoms with E-state index < -0.39 is 0 Å². The van der Waals surface area contributed by atoms with Crippen molar-refractivity contribution in [2.45, 2.75) is 38.5 Å². The summed E-state index contributed by atoms with van der Waals surface area (Å²) in [5, 5.41) is 2.59. The van der Waals surface area contributed by atoms with Gasteiger partial charge in [-0.25, -0.2) is 0 Å². The van der Waals surface area contributed by atoms with Crippen LogP contribution < -0.4 is 4.90 Å². The maximum atomic E-state index is 2.61. The molecule has 62 heavy (non-hydrogen) atoms. The summed E-state index contributed by atoms with van der Waals surface area (Å²) in [6, 6.07) is 72.9. The number of nitrogens with zero attached hydrogens (tertiary/aromatic N) is 2. The number of hydrogen-bond acceptors (Lipinski definition) is 1. The van der Waals surface area contributed by atoms with Crippen LogP contribution >= 0.6 is 0 Å². The molecule has 0 unspecified atom stereocenters.